The van der Waals surface area contributed by atoms with E-state index in [9.17, 15) is 10.4 Å². The quantitative estimate of drug-likeness (QED) is 0.603. The van der Waals surface area contributed by atoms with Crippen LogP contribution in [0.5, 0.6) is 11.5 Å². The fourth-order valence-electron chi connectivity index (χ4n) is 3.67. The first kappa shape index (κ1) is 17.9. The van der Waals surface area contributed by atoms with Crippen molar-refractivity contribution in [3.63, 3.8) is 0 Å². The Hall–Kier alpha value is -1.95. The largest absolute Gasteiger partial charge is 0.503 e. The summed E-state index contributed by atoms with van der Waals surface area (Å²) in [6.45, 7) is 2.11. The number of phenolic OH excluding ortho intramolecular Hbond substituents is 1. The second-order valence-electron chi connectivity index (χ2n) is 6.22. The molecule has 4 atom stereocenters. The van der Waals surface area contributed by atoms with Crippen molar-refractivity contribution < 1.29 is 14.6 Å². The summed E-state index contributed by atoms with van der Waals surface area (Å²) in [5, 5.41) is 19.8. The van der Waals surface area contributed by atoms with Gasteiger partial charge in [0.15, 0.2) is 17.7 Å². The zero-order valence-corrected chi connectivity index (χ0v) is 15.6. The normalized spacial score (nSPS) is 28.2. The summed E-state index contributed by atoms with van der Waals surface area (Å²) >= 11 is 3.36. The number of hydrazine groups is 1. The summed E-state index contributed by atoms with van der Waals surface area (Å²) in [4.78, 5) is 0. The van der Waals surface area contributed by atoms with Crippen LogP contribution in [0.2, 0.25) is 0 Å². The minimum atomic E-state index is -0.322. The van der Waals surface area contributed by atoms with Gasteiger partial charge in [0.25, 0.3) is 0 Å². The van der Waals surface area contributed by atoms with Crippen LogP contribution < -0.4 is 21.3 Å². The molecular formula is C17H21BrN4O3. The number of benzene rings is 1. The van der Waals surface area contributed by atoms with Crippen LogP contribution in [-0.4, -0.2) is 24.5 Å². The molecule has 2 aliphatic rings. The molecule has 3 rings (SSSR count). The maximum Gasteiger partial charge on any atom is 0.200 e. The SMILES string of the molecule is CCCC1NNC2OC(N)=C(C#N)C(c3cc(Br)c(O)c(OC)c3)C12. The van der Waals surface area contributed by atoms with Crippen molar-refractivity contribution in [2.45, 2.75) is 38.0 Å². The van der Waals surface area contributed by atoms with Crippen molar-refractivity contribution in [3.8, 4) is 17.6 Å². The number of hydrogen-bond donors (Lipinski definition) is 4. The molecule has 134 valence electrons. The number of nitrogens with two attached hydrogens (primary N) is 1. The Balaban J connectivity index is 2.13. The number of nitrogens with one attached hydrogen (secondary N) is 2. The average molecular weight is 409 g/mol. The predicted octanol–water partition coefficient (Wildman–Crippen LogP) is 2.19. The van der Waals surface area contributed by atoms with Crippen LogP contribution in [0.25, 0.3) is 0 Å². The molecular weight excluding hydrogens is 388 g/mol. The van der Waals surface area contributed by atoms with Crippen molar-refractivity contribution in [1.29, 1.82) is 5.26 Å². The van der Waals surface area contributed by atoms with Gasteiger partial charge in [-0.05, 0) is 40.0 Å². The number of halogens is 1. The molecule has 0 bridgehead atoms. The fourth-order valence-corrected chi connectivity index (χ4v) is 4.13. The Morgan fingerprint density at radius 2 is 2.20 bits per heavy atom. The Morgan fingerprint density at radius 1 is 1.44 bits per heavy atom. The van der Waals surface area contributed by atoms with E-state index in [0.717, 1.165) is 18.4 Å². The molecule has 8 heteroatoms. The number of aromatic hydroxyl groups is 1. The second kappa shape index (κ2) is 7.12. The van der Waals surface area contributed by atoms with Crippen molar-refractivity contribution in [3.05, 3.63) is 33.6 Å². The Labute approximate surface area is 154 Å². The van der Waals surface area contributed by atoms with E-state index in [2.05, 4.69) is 39.8 Å². The lowest BCUT2D eigenvalue weighted by atomic mass is 9.74. The second-order valence-corrected chi connectivity index (χ2v) is 7.07. The van der Waals surface area contributed by atoms with Crippen LogP contribution in [0.1, 0.15) is 31.2 Å². The number of hydrogen-bond acceptors (Lipinski definition) is 7. The van der Waals surface area contributed by atoms with Gasteiger partial charge >= 0.3 is 0 Å². The highest BCUT2D eigenvalue weighted by atomic mass is 79.9. The molecule has 2 aliphatic heterocycles. The van der Waals surface area contributed by atoms with Crippen LogP contribution in [0.4, 0.5) is 0 Å². The molecule has 0 amide bonds. The number of nitriles is 1. The third kappa shape index (κ3) is 3.03. The van der Waals surface area contributed by atoms with Crippen LogP contribution in [-0.2, 0) is 4.74 Å². The number of rotatable bonds is 4. The van der Waals surface area contributed by atoms with E-state index in [1.807, 2.05) is 0 Å². The molecule has 7 nitrogen and oxygen atoms in total. The lowest BCUT2D eigenvalue weighted by molar-refractivity contribution is 0.0336. The number of methoxy groups -OCH3 is 1. The first-order valence-corrected chi connectivity index (χ1v) is 8.94. The average Bonchev–Trinajstić information content (AvgIpc) is 2.98. The van der Waals surface area contributed by atoms with Gasteiger partial charge < -0.3 is 20.3 Å². The topological polar surface area (TPSA) is 113 Å². The lowest BCUT2D eigenvalue weighted by Crippen LogP contribution is -2.41. The molecule has 4 unspecified atom stereocenters. The molecule has 1 fully saturated rings. The summed E-state index contributed by atoms with van der Waals surface area (Å²) in [5.41, 5.74) is 13.6. The maximum absolute atomic E-state index is 10.1. The molecule has 25 heavy (non-hydrogen) atoms. The van der Waals surface area contributed by atoms with E-state index in [1.165, 1.54) is 7.11 Å². The van der Waals surface area contributed by atoms with E-state index >= 15 is 0 Å². The Kier molecular flexibility index (Phi) is 5.08. The first-order chi connectivity index (χ1) is 12.0. The summed E-state index contributed by atoms with van der Waals surface area (Å²) in [7, 11) is 1.49. The maximum atomic E-state index is 10.1. The predicted molar refractivity (Wildman–Crippen MR) is 95.3 cm³/mol. The van der Waals surface area contributed by atoms with Gasteiger partial charge in [-0.2, -0.15) is 5.26 Å². The number of fused-ring (bicyclic) bond motifs is 1. The summed E-state index contributed by atoms with van der Waals surface area (Å²) in [6.07, 6.45) is 1.61. The zero-order chi connectivity index (χ0) is 18.1. The van der Waals surface area contributed by atoms with Gasteiger partial charge in [-0.25, -0.2) is 5.43 Å². The van der Waals surface area contributed by atoms with Gasteiger partial charge in [-0.1, -0.05) is 13.3 Å². The molecule has 0 aliphatic carbocycles. The molecule has 0 aromatic heterocycles. The molecule has 1 aromatic carbocycles. The number of phenols is 1. The standard InChI is InChI=1S/C17H21BrN4O3/c1-3-4-11-14-13(8-5-10(18)15(23)12(6-8)24-2)9(7-19)16(20)25-17(14)22-21-11/h5-6,11,13-14,17,21-23H,3-4,20H2,1-2H3. The first-order valence-electron chi connectivity index (χ1n) is 8.15. The molecule has 0 spiro atoms. The molecule has 0 saturated carbocycles. The van der Waals surface area contributed by atoms with Crippen molar-refractivity contribution >= 4 is 15.9 Å². The summed E-state index contributed by atoms with van der Waals surface area (Å²) < 4.78 is 11.5. The third-order valence-electron chi connectivity index (χ3n) is 4.79. The monoisotopic (exact) mass is 408 g/mol. The fraction of sp³-hybridized carbons (Fsp3) is 0.471. The zero-order valence-electron chi connectivity index (χ0n) is 14.0. The Morgan fingerprint density at radius 3 is 2.84 bits per heavy atom. The summed E-state index contributed by atoms with van der Waals surface area (Å²) in [5.74, 6) is 0.215. The van der Waals surface area contributed by atoms with Gasteiger partial charge in [0.1, 0.15) is 6.07 Å². The smallest absolute Gasteiger partial charge is 0.200 e. The molecule has 5 N–H and O–H groups in total. The van der Waals surface area contributed by atoms with Gasteiger partial charge in [-0.15, -0.1) is 0 Å². The molecule has 0 radical (unpaired) electrons. The van der Waals surface area contributed by atoms with Gasteiger partial charge in [-0.3, -0.25) is 5.43 Å². The number of allylic oxidation sites excluding steroid dienone is 1. The highest BCUT2D eigenvalue weighted by Gasteiger charge is 2.48. The van der Waals surface area contributed by atoms with E-state index in [4.69, 9.17) is 15.2 Å². The molecule has 2 heterocycles. The highest BCUT2D eigenvalue weighted by molar-refractivity contribution is 9.10. The van der Waals surface area contributed by atoms with Crippen LogP contribution in [0.3, 0.4) is 0 Å². The minimum absolute atomic E-state index is 0.0111. The third-order valence-corrected chi connectivity index (χ3v) is 5.39. The minimum Gasteiger partial charge on any atom is -0.503 e. The van der Waals surface area contributed by atoms with Gasteiger partial charge in [0, 0.05) is 17.9 Å². The van der Waals surface area contributed by atoms with Crippen molar-refractivity contribution in [2.75, 3.05) is 7.11 Å². The van der Waals surface area contributed by atoms with E-state index in [-0.39, 0.29) is 35.7 Å². The van der Waals surface area contributed by atoms with Crippen LogP contribution >= 0.6 is 15.9 Å². The van der Waals surface area contributed by atoms with Crippen LogP contribution in [0.15, 0.2) is 28.1 Å². The van der Waals surface area contributed by atoms with Crippen molar-refractivity contribution in [2.24, 2.45) is 11.7 Å². The van der Waals surface area contributed by atoms with Crippen molar-refractivity contribution in [1.82, 2.24) is 10.9 Å². The van der Waals surface area contributed by atoms with E-state index in [0.29, 0.717) is 15.8 Å². The molecule has 1 aromatic rings. The number of nitrogens with zero attached hydrogens (tertiary/aromatic N) is 1. The van der Waals surface area contributed by atoms with E-state index < -0.39 is 0 Å². The highest BCUT2D eigenvalue weighted by Crippen LogP contribution is 2.46. The summed E-state index contributed by atoms with van der Waals surface area (Å²) in [6, 6.07) is 5.89. The Bertz CT molecular complexity index is 746. The number of ether oxygens (including phenoxy) is 2. The lowest BCUT2D eigenvalue weighted by Gasteiger charge is -2.36. The van der Waals surface area contributed by atoms with Crippen LogP contribution in [0, 0.1) is 17.2 Å². The van der Waals surface area contributed by atoms with E-state index in [1.54, 1.807) is 12.1 Å². The van der Waals surface area contributed by atoms with Gasteiger partial charge in [0.05, 0.1) is 17.2 Å². The van der Waals surface area contributed by atoms with Gasteiger partial charge in [0.2, 0.25) is 5.88 Å². The molecule has 1 saturated heterocycles.